The van der Waals surface area contributed by atoms with Crippen LogP contribution in [-0.2, 0) is 13.1 Å². The molecule has 6 heteroatoms. The zero-order chi connectivity index (χ0) is 15.8. The zero-order valence-electron chi connectivity index (χ0n) is 13.8. The number of benzene rings is 1. The minimum Gasteiger partial charge on any atom is -0.496 e. The second-order valence-corrected chi connectivity index (χ2v) is 5.76. The summed E-state index contributed by atoms with van der Waals surface area (Å²) in [4.78, 5) is 4.60. The van der Waals surface area contributed by atoms with Crippen LogP contribution in [0, 0.1) is 6.92 Å². The Balaban J connectivity index is 0.00000264. The Morgan fingerprint density at radius 3 is 2.65 bits per heavy atom. The van der Waals surface area contributed by atoms with E-state index in [1.165, 1.54) is 11.1 Å². The lowest BCUT2D eigenvalue weighted by molar-refractivity contribution is 0.411. The Labute approximate surface area is 159 Å². The molecule has 0 saturated carbocycles. The predicted octanol–water partition coefficient (Wildman–Crippen LogP) is 3.94. The van der Waals surface area contributed by atoms with Gasteiger partial charge in [-0.3, -0.25) is 0 Å². The van der Waals surface area contributed by atoms with E-state index in [4.69, 9.17) is 4.74 Å². The van der Waals surface area contributed by atoms with Gasteiger partial charge in [0.15, 0.2) is 5.96 Å². The number of hydrogen-bond acceptors (Lipinski definition) is 3. The number of nitrogens with one attached hydrogen (secondary N) is 2. The molecule has 2 rings (SSSR count). The Hall–Kier alpha value is -1.28. The Kier molecular flexibility index (Phi) is 9.01. The third-order valence-electron chi connectivity index (χ3n) is 3.26. The average molecular weight is 445 g/mol. The van der Waals surface area contributed by atoms with Crippen LogP contribution in [0.15, 0.2) is 40.0 Å². The number of hydrogen-bond donors (Lipinski definition) is 2. The number of ether oxygens (including phenoxy) is 1. The molecule has 0 atom stereocenters. The quantitative estimate of drug-likeness (QED) is 0.402. The summed E-state index contributed by atoms with van der Waals surface area (Å²) in [6, 6.07) is 8.31. The third kappa shape index (κ3) is 6.39. The van der Waals surface area contributed by atoms with Gasteiger partial charge in [0.1, 0.15) is 5.75 Å². The van der Waals surface area contributed by atoms with Crippen molar-refractivity contribution in [1.82, 2.24) is 10.6 Å². The fourth-order valence-corrected chi connectivity index (χ4v) is 2.79. The van der Waals surface area contributed by atoms with E-state index in [-0.39, 0.29) is 24.0 Å². The van der Waals surface area contributed by atoms with Crippen molar-refractivity contribution in [3.63, 3.8) is 0 Å². The van der Waals surface area contributed by atoms with Crippen LogP contribution in [0.4, 0.5) is 0 Å². The summed E-state index contributed by atoms with van der Waals surface area (Å²) in [5, 5.41) is 10.8. The molecule has 0 amide bonds. The topological polar surface area (TPSA) is 45.7 Å². The lowest BCUT2D eigenvalue weighted by Gasteiger charge is -2.12. The molecule has 0 radical (unpaired) electrons. The number of halogens is 1. The van der Waals surface area contributed by atoms with Crippen molar-refractivity contribution in [2.24, 2.45) is 4.99 Å². The summed E-state index contributed by atoms with van der Waals surface area (Å²) in [5.74, 6) is 1.75. The van der Waals surface area contributed by atoms with Gasteiger partial charge < -0.3 is 15.4 Å². The van der Waals surface area contributed by atoms with Gasteiger partial charge in [0.2, 0.25) is 0 Å². The van der Waals surface area contributed by atoms with E-state index in [0.717, 1.165) is 30.4 Å². The van der Waals surface area contributed by atoms with E-state index in [9.17, 15) is 0 Å². The number of aryl methyl sites for hydroxylation is 1. The van der Waals surface area contributed by atoms with Crippen LogP contribution in [0.3, 0.4) is 0 Å². The monoisotopic (exact) mass is 445 g/mol. The molecule has 0 fully saturated rings. The molecule has 0 saturated heterocycles. The first-order valence-electron chi connectivity index (χ1n) is 7.39. The molecule has 0 aliphatic heterocycles. The second kappa shape index (κ2) is 10.5. The first kappa shape index (κ1) is 19.8. The first-order chi connectivity index (χ1) is 10.7. The smallest absolute Gasteiger partial charge is 0.191 e. The van der Waals surface area contributed by atoms with Gasteiger partial charge in [0.25, 0.3) is 0 Å². The summed E-state index contributed by atoms with van der Waals surface area (Å²) in [6.45, 7) is 6.40. The van der Waals surface area contributed by atoms with Gasteiger partial charge in [0.05, 0.1) is 13.7 Å². The van der Waals surface area contributed by atoms with Crippen LogP contribution >= 0.6 is 35.3 Å². The molecule has 23 heavy (non-hydrogen) atoms. The number of nitrogens with zero attached hydrogens (tertiary/aromatic N) is 1. The third-order valence-corrected chi connectivity index (χ3v) is 4.00. The Morgan fingerprint density at radius 1 is 1.22 bits per heavy atom. The maximum absolute atomic E-state index is 5.29. The van der Waals surface area contributed by atoms with Crippen LogP contribution in [0.2, 0.25) is 0 Å². The molecule has 0 aliphatic rings. The number of thiophene rings is 1. The minimum atomic E-state index is 0. The van der Waals surface area contributed by atoms with E-state index < -0.39 is 0 Å². The second-order valence-electron chi connectivity index (χ2n) is 4.98. The highest BCUT2D eigenvalue weighted by molar-refractivity contribution is 14.0. The van der Waals surface area contributed by atoms with Crippen LogP contribution in [0.1, 0.15) is 23.6 Å². The van der Waals surface area contributed by atoms with Crippen molar-refractivity contribution in [2.45, 2.75) is 26.9 Å². The average Bonchev–Trinajstić information content (AvgIpc) is 3.03. The van der Waals surface area contributed by atoms with E-state index in [1.807, 2.05) is 6.07 Å². The van der Waals surface area contributed by atoms with Crippen molar-refractivity contribution in [3.05, 3.63) is 51.7 Å². The zero-order valence-corrected chi connectivity index (χ0v) is 16.9. The Morgan fingerprint density at radius 2 is 2.04 bits per heavy atom. The van der Waals surface area contributed by atoms with Gasteiger partial charge in [0, 0.05) is 13.1 Å². The highest BCUT2D eigenvalue weighted by Crippen LogP contribution is 2.18. The molecule has 1 aromatic heterocycles. The predicted molar refractivity (Wildman–Crippen MR) is 109 cm³/mol. The molecular weight excluding hydrogens is 421 g/mol. The lowest BCUT2D eigenvalue weighted by Crippen LogP contribution is -2.36. The summed E-state index contributed by atoms with van der Waals surface area (Å²) in [5.41, 5.74) is 3.59. The molecule has 0 aliphatic carbocycles. The first-order valence-corrected chi connectivity index (χ1v) is 8.34. The van der Waals surface area contributed by atoms with Gasteiger partial charge in [-0.1, -0.05) is 12.1 Å². The van der Waals surface area contributed by atoms with Crippen molar-refractivity contribution in [2.75, 3.05) is 13.7 Å². The van der Waals surface area contributed by atoms with Gasteiger partial charge >= 0.3 is 0 Å². The molecule has 4 nitrogen and oxygen atoms in total. The highest BCUT2D eigenvalue weighted by Gasteiger charge is 2.02. The van der Waals surface area contributed by atoms with Crippen LogP contribution < -0.4 is 15.4 Å². The molecule has 0 bridgehead atoms. The molecule has 1 aromatic carbocycles. The fourth-order valence-electron chi connectivity index (χ4n) is 2.13. The highest BCUT2D eigenvalue weighted by atomic mass is 127. The molecule has 2 N–H and O–H groups in total. The summed E-state index contributed by atoms with van der Waals surface area (Å²) >= 11 is 1.70. The van der Waals surface area contributed by atoms with E-state index in [2.05, 4.69) is 58.4 Å². The molecule has 0 unspecified atom stereocenters. The standard InChI is InChI=1S/C17H23N3OS.HI/c1-4-18-17(20-11-15-7-8-22-12-15)19-10-14-5-6-16(21-3)13(2)9-14;/h5-9,12H,4,10-11H2,1-3H3,(H2,18,19,20);1H. The maximum atomic E-state index is 5.29. The van der Waals surface area contributed by atoms with Crippen LogP contribution in [-0.4, -0.2) is 19.6 Å². The van der Waals surface area contributed by atoms with Crippen molar-refractivity contribution in [1.29, 1.82) is 0 Å². The van der Waals surface area contributed by atoms with E-state index >= 15 is 0 Å². The molecule has 2 aromatic rings. The number of aliphatic imine (C=N–C) groups is 1. The van der Waals surface area contributed by atoms with Crippen molar-refractivity contribution < 1.29 is 4.74 Å². The van der Waals surface area contributed by atoms with Gasteiger partial charge in [-0.25, -0.2) is 4.99 Å². The van der Waals surface area contributed by atoms with Crippen molar-refractivity contribution in [3.8, 4) is 5.75 Å². The number of guanidine groups is 1. The maximum Gasteiger partial charge on any atom is 0.191 e. The van der Waals surface area contributed by atoms with Crippen LogP contribution in [0.5, 0.6) is 5.75 Å². The lowest BCUT2D eigenvalue weighted by atomic mass is 10.1. The van der Waals surface area contributed by atoms with Gasteiger partial charge in [-0.2, -0.15) is 11.3 Å². The SMILES string of the molecule is CCNC(=NCc1ccsc1)NCc1ccc(OC)c(C)c1.I. The largest absolute Gasteiger partial charge is 0.496 e. The van der Waals surface area contributed by atoms with E-state index in [1.54, 1.807) is 18.4 Å². The summed E-state index contributed by atoms with van der Waals surface area (Å²) in [7, 11) is 1.70. The van der Waals surface area contributed by atoms with Crippen molar-refractivity contribution >= 4 is 41.3 Å². The normalized spacial score (nSPS) is 10.8. The fraction of sp³-hybridized carbons (Fsp3) is 0.353. The Bertz CT molecular complexity index is 614. The summed E-state index contributed by atoms with van der Waals surface area (Å²) < 4.78 is 5.29. The molecule has 0 spiro atoms. The van der Waals surface area contributed by atoms with Gasteiger partial charge in [-0.05, 0) is 53.4 Å². The molecular formula is C17H24IN3OS. The minimum absolute atomic E-state index is 0. The molecule has 1 heterocycles. The number of rotatable bonds is 6. The molecule has 126 valence electrons. The summed E-state index contributed by atoms with van der Waals surface area (Å²) in [6.07, 6.45) is 0. The number of methoxy groups -OCH3 is 1. The van der Waals surface area contributed by atoms with Gasteiger partial charge in [-0.15, -0.1) is 24.0 Å². The van der Waals surface area contributed by atoms with Crippen LogP contribution in [0.25, 0.3) is 0 Å². The van der Waals surface area contributed by atoms with E-state index in [0.29, 0.717) is 6.54 Å².